The van der Waals surface area contributed by atoms with E-state index in [9.17, 15) is 0 Å². The van der Waals surface area contributed by atoms with Crippen LogP contribution in [-0.4, -0.2) is 6.04 Å². The summed E-state index contributed by atoms with van der Waals surface area (Å²) in [4.78, 5) is 0. The van der Waals surface area contributed by atoms with E-state index in [1.165, 1.54) is 25.7 Å². The van der Waals surface area contributed by atoms with Crippen molar-refractivity contribution < 1.29 is 0 Å². The van der Waals surface area contributed by atoms with E-state index >= 15 is 0 Å². The highest BCUT2D eigenvalue weighted by molar-refractivity contribution is 5.85. The summed E-state index contributed by atoms with van der Waals surface area (Å²) in [5.41, 5.74) is 2.85. The molecule has 0 unspecified atom stereocenters. The second kappa shape index (κ2) is 7.17. The predicted octanol–water partition coefficient (Wildman–Crippen LogP) is 1.87. The first-order valence-corrected chi connectivity index (χ1v) is 3.80. The van der Waals surface area contributed by atoms with E-state index in [-0.39, 0.29) is 24.8 Å². The number of nitrogens with one attached hydrogen (secondary N) is 1. The summed E-state index contributed by atoms with van der Waals surface area (Å²) in [5, 5.41) is 0. The SMILES string of the molecule is C[C@H]1CCCC[C@H]1NN.Cl.Cl. The van der Waals surface area contributed by atoms with Gasteiger partial charge in [0.1, 0.15) is 0 Å². The Hall–Kier alpha value is 0.500. The maximum Gasteiger partial charge on any atom is 0.0236 e. The molecular weight excluding hydrogens is 183 g/mol. The molecule has 0 saturated heterocycles. The minimum absolute atomic E-state index is 0. The third-order valence-electron chi connectivity index (χ3n) is 2.33. The van der Waals surface area contributed by atoms with Crippen LogP contribution in [0.15, 0.2) is 0 Å². The van der Waals surface area contributed by atoms with Gasteiger partial charge in [-0.05, 0) is 18.8 Å². The largest absolute Gasteiger partial charge is 0.271 e. The molecule has 0 radical (unpaired) electrons. The molecule has 70 valence electrons. The van der Waals surface area contributed by atoms with E-state index < -0.39 is 0 Å². The monoisotopic (exact) mass is 200 g/mol. The van der Waals surface area contributed by atoms with Crippen LogP contribution in [0.2, 0.25) is 0 Å². The van der Waals surface area contributed by atoms with Crippen LogP contribution >= 0.6 is 24.8 Å². The van der Waals surface area contributed by atoms with Gasteiger partial charge in [-0.1, -0.05) is 19.8 Å². The van der Waals surface area contributed by atoms with Gasteiger partial charge in [0.15, 0.2) is 0 Å². The molecule has 0 spiro atoms. The molecule has 11 heavy (non-hydrogen) atoms. The van der Waals surface area contributed by atoms with Gasteiger partial charge in [-0.25, -0.2) is 0 Å². The van der Waals surface area contributed by atoms with Crippen LogP contribution in [0.4, 0.5) is 0 Å². The van der Waals surface area contributed by atoms with Crippen molar-refractivity contribution in [2.24, 2.45) is 11.8 Å². The molecule has 0 aliphatic heterocycles. The van der Waals surface area contributed by atoms with E-state index in [1.54, 1.807) is 0 Å². The highest BCUT2D eigenvalue weighted by Crippen LogP contribution is 2.22. The zero-order valence-corrected chi connectivity index (χ0v) is 8.51. The zero-order chi connectivity index (χ0) is 6.69. The number of hydrazine groups is 1. The Morgan fingerprint density at radius 2 is 1.73 bits per heavy atom. The molecule has 1 aliphatic carbocycles. The van der Waals surface area contributed by atoms with Crippen LogP contribution in [0.25, 0.3) is 0 Å². The summed E-state index contributed by atoms with van der Waals surface area (Å²) in [6.45, 7) is 2.27. The van der Waals surface area contributed by atoms with Crippen LogP contribution in [-0.2, 0) is 0 Å². The third kappa shape index (κ3) is 4.16. The first kappa shape index (κ1) is 14.0. The predicted molar refractivity (Wildman–Crippen MR) is 53.2 cm³/mol. The molecule has 0 bridgehead atoms. The van der Waals surface area contributed by atoms with Gasteiger partial charge in [0, 0.05) is 6.04 Å². The molecule has 2 atom stereocenters. The first-order chi connectivity index (χ1) is 4.34. The minimum Gasteiger partial charge on any atom is -0.271 e. The Morgan fingerprint density at radius 3 is 2.09 bits per heavy atom. The Balaban J connectivity index is 0. The van der Waals surface area contributed by atoms with Gasteiger partial charge in [0.25, 0.3) is 0 Å². The normalized spacial score (nSPS) is 30.0. The summed E-state index contributed by atoms with van der Waals surface area (Å²) in [6.07, 6.45) is 5.34. The summed E-state index contributed by atoms with van der Waals surface area (Å²) < 4.78 is 0. The molecule has 2 nitrogen and oxygen atoms in total. The van der Waals surface area contributed by atoms with Crippen LogP contribution < -0.4 is 11.3 Å². The molecule has 0 aromatic carbocycles. The smallest absolute Gasteiger partial charge is 0.0236 e. The molecule has 1 fully saturated rings. The van der Waals surface area contributed by atoms with Crippen molar-refractivity contribution in [2.45, 2.75) is 38.6 Å². The van der Waals surface area contributed by atoms with E-state index in [4.69, 9.17) is 5.84 Å². The fraction of sp³-hybridized carbons (Fsp3) is 1.00. The van der Waals surface area contributed by atoms with Gasteiger partial charge in [-0.3, -0.25) is 11.3 Å². The Labute approximate surface area is 81.1 Å². The molecule has 1 aliphatic rings. The van der Waals surface area contributed by atoms with Crippen LogP contribution in [0, 0.1) is 5.92 Å². The molecular formula is C7H18Cl2N2. The lowest BCUT2D eigenvalue weighted by Gasteiger charge is -2.27. The molecule has 1 saturated carbocycles. The average Bonchev–Trinajstić information content (AvgIpc) is 1.89. The van der Waals surface area contributed by atoms with Crippen LogP contribution in [0.3, 0.4) is 0 Å². The van der Waals surface area contributed by atoms with E-state index in [2.05, 4.69) is 12.3 Å². The van der Waals surface area contributed by atoms with Crippen molar-refractivity contribution in [3.05, 3.63) is 0 Å². The lowest BCUT2D eigenvalue weighted by Crippen LogP contribution is -2.41. The maximum absolute atomic E-state index is 5.34. The van der Waals surface area contributed by atoms with Crippen LogP contribution in [0.1, 0.15) is 32.6 Å². The topological polar surface area (TPSA) is 38.0 Å². The number of nitrogens with two attached hydrogens (primary N) is 1. The second-order valence-corrected chi connectivity index (χ2v) is 3.03. The molecule has 0 amide bonds. The summed E-state index contributed by atoms with van der Waals surface area (Å²) in [6, 6.07) is 0.582. The quantitative estimate of drug-likeness (QED) is 0.502. The highest BCUT2D eigenvalue weighted by Gasteiger charge is 2.18. The van der Waals surface area contributed by atoms with Crippen LogP contribution in [0.5, 0.6) is 0 Å². The summed E-state index contributed by atoms with van der Waals surface area (Å²) >= 11 is 0. The van der Waals surface area contributed by atoms with Gasteiger partial charge in [-0.2, -0.15) is 0 Å². The van der Waals surface area contributed by atoms with Crippen molar-refractivity contribution in [2.75, 3.05) is 0 Å². The average molecular weight is 201 g/mol. The van der Waals surface area contributed by atoms with Crippen molar-refractivity contribution in [1.29, 1.82) is 0 Å². The maximum atomic E-state index is 5.34. The van der Waals surface area contributed by atoms with Crippen molar-refractivity contribution in [3.8, 4) is 0 Å². The van der Waals surface area contributed by atoms with Gasteiger partial charge in [-0.15, -0.1) is 24.8 Å². The van der Waals surface area contributed by atoms with Crippen molar-refractivity contribution in [1.82, 2.24) is 5.43 Å². The Bertz CT molecular complexity index is 90.5. The van der Waals surface area contributed by atoms with Crippen molar-refractivity contribution >= 4 is 24.8 Å². The van der Waals surface area contributed by atoms with Gasteiger partial charge >= 0.3 is 0 Å². The fourth-order valence-corrected chi connectivity index (χ4v) is 1.56. The zero-order valence-electron chi connectivity index (χ0n) is 6.88. The standard InChI is InChI=1S/C7H16N2.2ClH/c1-6-4-2-3-5-7(6)9-8;;/h6-7,9H,2-5,8H2,1H3;2*1H/t6-,7+;;/m0../s1. The molecule has 1 rings (SSSR count). The summed E-state index contributed by atoms with van der Waals surface area (Å²) in [7, 11) is 0. The Kier molecular flexibility index (Phi) is 9.15. The number of hydrogen-bond acceptors (Lipinski definition) is 2. The van der Waals surface area contributed by atoms with E-state index in [0.717, 1.165) is 5.92 Å². The summed E-state index contributed by atoms with van der Waals surface area (Å²) in [5.74, 6) is 6.12. The van der Waals surface area contributed by atoms with Gasteiger partial charge in [0.05, 0.1) is 0 Å². The molecule has 0 heterocycles. The fourth-order valence-electron chi connectivity index (χ4n) is 1.56. The molecule has 0 aromatic rings. The number of halogens is 2. The van der Waals surface area contributed by atoms with E-state index in [1.807, 2.05) is 0 Å². The number of rotatable bonds is 1. The molecule has 3 N–H and O–H groups in total. The highest BCUT2D eigenvalue weighted by atomic mass is 35.5. The Morgan fingerprint density at radius 1 is 1.18 bits per heavy atom. The first-order valence-electron chi connectivity index (χ1n) is 3.80. The lowest BCUT2D eigenvalue weighted by molar-refractivity contribution is 0.284. The van der Waals surface area contributed by atoms with Crippen molar-refractivity contribution in [3.63, 3.8) is 0 Å². The second-order valence-electron chi connectivity index (χ2n) is 3.03. The minimum atomic E-state index is 0. The third-order valence-corrected chi connectivity index (χ3v) is 2.33. The number of hydrogen-bond donors (Lipinski definition) is 2. The van der Waals surface area contributed by atoms with Gasteiger partial charge < -0.3 is 0 Å². The molecule has 4 heteroatoms. The molecule has 0 aromatic heterocycles. The lowest BCUT2D eigenvalue weighted by atomic mass is 9.86. The van der Waals surface area contributed by atoms with Gasteiger partial charge in [0.2, 0.25) is 0 Å². The van der Waals surface area contributed by atoms with E-state index in [0.29, 0.717) is 6.04 Å².